The molecule has 0 saturated heterocycles. The van der Waals surface area contributed by atoms with E-state index in [-0.39, 0.29) is 24.3 Å². The number of nitrogens with zero attached hydrogens (tertiary/aromatic N) is 1. The highest BCUT2D eigenvalue weighted by Gasteiger charge is 2.32. The maximum atomic E-state index is 13.9. The van der Waals surface area contributed by atoms with Crippen LogP contribution in [0.4, 0.5) is 0 Å². The van der Waals surface area contributed by atoms with E-state index in [2.05, 4.69) is 11.4 Å². The average Bonchev–Trinajstić information content (AvgIpc) is 2.89. The summed E-state index contributed by atoms with van der Waals surface area (Å²) in [5.74, 6) is -0.246. The van der Waals surface area contributed by atoms with Gasteiger partial charge in [0.1, 0.15) is 6.04 Å². The van der Waals surface area contributed by atoms with Crippen molar-refractivity contribution in [2.75, 3.05) is 0 Å². The molecule has 0 spiro atoms. The van der Waals surface area contributed by atoms with Crippen molar-refractivity contribution in [1.82, 2.24) is 10.2 Å². The van der Waals surface area contributed by atoms with Crippen LogP contribution in [-0.4, -0.2) is 28.8 Å². The van der Waals surface area contributed by atoms with Crippen LogP contribution in [0.15, 0.2) is 72.8 Å². The summed E-state index contributed by atoms with van der Waals surface area (Å²) in [5.41, 5.74) is 3.80. The van der Waals surface area contributed by atoms with Crippen molar-refractivity contribution in [3.8, 4) is 0 Å². The number of rotatable bonds is 9. The van der Waals surface area contributed by atoms with E-state index in [1.54, 1.807) is 23.1 Å². The molecule has 6 heteroatoms. The first-order valence-corrected chi connectivity index (χ1v) is 13.8. The van der Waals surface area contributed by atoms with Gasteiger partial charge in [-0.3, -0.25) is 9.59 Å². The van der Waals surface area contributed by atoms with E-state index >= 15 is 0 Å². The number of benzene rings is 3. The molecule has 0 unspecified atom stereocenters. The first-order valence-electron chi connectivity index (χ1n) is 13.0. The van der Waals surface area contributed by atoms with Gasteiger partial charge in [0.25, 0.3) is 0 Å². The minimum Gasteiger partial charge on any atom is -0.352 e. The standard InChI is InChI=1S/C31H34Cl2N2O2/c1-22-9-8-12-24(17-22)21-35(30(36)19-25-15-16-26(32)20-28(25)33)29(18-23-10-4-2-5-11-23)31(37)34-27-13-6-3-7-14-27/h2,4-5,8-12,15-17,20,27,29H,3,6-7,13-14,18-19,21H2,1H3,(H,34,37)/t29-/m1/s1. The summed E-state index contributed by atoms with van der Waals surface area (Å²) in [6.07, 6.45) is 5.94. The van der Waals surface area contributed by atoms with Crippen LogP contribution in [0.3, 0.4) is 0 Å². The number of carbonyl (C=O) groups is 2. The molecule has 1 aliphatic rings. The van der Waals surface area contributed by atoms with Crippen LogP contribution in [0.2, 0.25) is 10.0 Å². The second-order valence-corrected chi connectivity index (χ2v) is 10.8. The molecular formula is C31H34Cl2N2O2. The van der Waals surface area contributed by atoms with Gasteiger partial charge in [-0.25, -0.2) is 0 Å². The molecule has 4 rings (SSSR count). The minimum absolute atomic E-state index is 0.0871. The summed E-state index contributed by atoms with van der Waals surface area (Å²) in [5, 5.41) is 4.24. The molecule has 3 aromatic carbocycles. The number of halogens is 2. The lowest BCUT2D eigenvalue weighted by Crippen LogP contribution is -2.53. The summed E-state index contributed by atoms with van der Waals surface area (Å²) in [4.78, 5) is 29.5. The number of nitrogens with one attached hydrogen (secondary N) is 1. The third-order valence-corrected chi connectivity index (χ3v) is 7.60. The Balaban J connectivity index is 1.67. The van der Waals surface area contributed by atoms with Crippen molar-refractivity contribution >= 4 is 35.0 Å². The summed E-state index contributed by atoms with van der Waals surface area (Å²) < 4.78 is 0. The molecule has 4 nitrogen and oxygen atoms in total. The maximum absolute atomic E-state index is 13.9. The van der Waals surface area contributed by atoms with Gasteiger partial charge in [0.2, 0.25) is 11.8 Å². The van der Waals surface area contributed by atoms with Gasteiger partial charge in [-0.05, 0) is 48.6 Å². The van der Waals surface area contributed by atoms with Crippen molar-refractivity contribution in [3.63, 3.8) is 0 Å². The van der Waals surface area contributed by atoms with Crippen molar-refractivity contribution in [1.29, 1.82) is 0 Å². The van der Waals surface area contributed by atoms with Gasteiger partial charge in [0.15, 0.2) is 0 Å². The normalized spacial score (nSPS) is 14.7. The zero-order valence-electron chi connectivity index (χ0n) is 21.3. The van der Waals surface area contributed by atoms with E-state index in [4.69, 9.17) is 23.2 Å². The van der Waals surface area contributed by atoms with E-state index in [1.165, 1.54) is 6.42 Å². The largest absolute Gasteiger partial charge is 0.352 e. The highest BCUT2D eigenvalue weighted by atomic mass is 35.5. The summed E-state index contributed by atoms with van der Waals surface area (Å²) in [7, 11) is 0. The molecule has 0 radical (unpaired) electrons. The van der Waals surface area contributed by atoms with Crippen LogP contribution in [-0.2, 0) is 29.0 Å². The van der Waals surface area contributed by atoms with Crippen LogP contribution in [0.1, 0.15) is 54.4 Å². The van der Waals surface area contributed by atoms with Crippen molar-refractivity contribution in [3.05, 3.63) is 105 Å². The average molecular weight is 538 g/mol. The zero-order chi connectivity index (χ0) is 26.2. The van der Waals surface area contributed by atoms with Crippen LogP contribution in [0, 0.1) is 6.92 Å². The molecule has 1 atom stereocenters. The molecule has 0 aromatic heterocycles. The Hall–Kier alpha value is -2.82. The first kappa shape index (κ1) is 27.2. The third kappa shape index (κ3) is 7.83. The highest BCUT2D eigenvalue weighted by Crippen LogP contribution is 2.24. The highest BCUT2D eigenvalue weighted by molar-refractivity contribution is 6.35. The quantitative estimate of drug-likeness (QED) is 0.322. The fraction of sp³-hybridized carbons (Fsp3) is 0.355. The topological polar surface area (TPSA) is 49.4 Å². The van der Waals surface area contributed by atoms with Crippen LogP contribution in [0.5, 0.6) is 0 Å². The van der Waals surface area contributed by atoms with E-state index in [0.29, 0.717) is 28.6 Å². The van der Waals surface area contributed by atoms with Gasteiger partial charge in [-0.1, -0.05) is 109 Å². The lowest BCUT2D eigenvalue weighted by atomic mass is 9.94. The van der Waals surface area contributed by atoms with E-state index in [1.807, 2.05) is 55.5 Å². The Labute approximate surface area is 230 Å². The summed E-state index contributed by atoms with van der Waals surface area (Å²) in [6, 6.07) is 22.6. The fourth-order valence-electron chi connectivity index (χ4n) is 5.03. The lowest BCUT2D eigenvalue weighted by molar-refractivity contribution is -0.141. The Bertz CT molecular complexity index is 1210. The Morgan fingerprint density at radius 3 is 2.35 bits per heavy atom. The van der Waals surface area contributed by atoms with Gasteiger partial charge in [-0.15, -0.1) is 0 Å². The maximum Gasteiger partial charge on any atom is 0.243 e. The Morgan fingerprint density at radius 2 is 1.65 bits per heavy atom. The van der Waals surface area contributed by atoms with Gasteiger partial charge in [-0.2, -0.15) is 0 Å². The number of amides is 2. The predicted octanol–water partition coefficient (Wildman–Crippen LogP) is 6.93. The Kier molecular flexibility index (Phi) is 9.65. The number of aryl methyl sites for hydroxylation is 1. The van der Waals surface area contributed by atoms with Gasteiger partial charge < -0.3 is 10.2 Å². The van der Waals surface area contributed by atoms with Gasteiger partial charge in [0.05, 0.1) is 6.42 Å². The van der Waals surface area contributed by atoms with Gasteiger partial charge >= 0.3 is 0 Å². The molecule has 0 bridgehead atoms. The van der Waals surface area contributed by atoms with Crippen molar-refractivity contribution < 1.29 is 9.59 Å². The van der Waals surface area contributed by atoms with E-state index < -0.39 is 6.04 Å². The zero-order valence-corrected chi connectivity index (χ0v) is 22.8. The molecule has 37 heavy (non-hydrogen) atoms. The lowest BCUT2D eigenvalue weighted by Gasteiger charge is -2.33. The molecular weight excluding hydrogens is 503 g/mol. The molecule has 3 aromatic rings. The molecule has 1 aliphatic carbocycles. The SMILES string of the molecule is Cc1cccc(CN(C(=O)Cc2ccc(Cl)cc2Cl)[C@H](Cc2ccccc2)C(=O)NC2CCCCC2)c1. The van der Waals surface area contributed by atoms with Crippen LogP contribution >= 0.6 is 23.2 Å². The smallest absolute Gasteiger partial charge is 0.243 e. The van der Waals surface area contributed by atoms with Gasteiger partial charge in [0, 0.05) is 29.1 Å². The number of hydrogen-bond donors (Lipinski definition) is 1. The number of hydrogen-bond acceptors (Lipinski definition) is 2. The van der Waals surface area contributed by atoms with Crippen LogP contribution < -0.4 is 5.32 Å². The van der Waals surface area contributed by atoms with E-state index in [9.17, 15) is 9.59 Å². The van der Waals surface area contributed by atoms with Crippen molar-refractivity contribution in [2.24, 2.45) is 0 Å². The molecule has 2 amide bonds. The summed E-state index contributed by atoms with van der Waals surface area (Å²) in [6.45, 7) is 2.36. The van der Waals surface area contributed by atoms with Crippen molar-refractivity contribution in [2.45, 2.75) is 70.5 Å². The van der Waals surface area contributed by atoms with E-state index in [0.717, 1.165) is 42.4 Å². The molecule has 1 fully saturated rings. The summed E-state index contributed by atoms with van der Waals surface area (Å²) >= 11 is 12.5. The van der Waals surface area contributed by atoms with Crippen LogP contribution in [0.25, 0.3) is 0 Å². The first-order chi connectivity index (χ1) is 17.9. The third-order valence-electron chi connectivity index (χ3n) is 7.01. The number of carbonyl (C=O) groups excluding carboxylic acids is 2. The Morgan fingerprint density at radius 1 is 0.919 bits per heavy atom. The molecule has 0 heterocycles. The second kappa shape index (κ2) is 13.1. The monoisotopic (exact) mass is 536 g/mol. The predicted molar refractivity (Wildman–Crippen MR) is 151 cm³/mol. The molecule has 0 aliphatic heterocycles. The fourth-order valence-corrected chi connectivity index (χ4v) is 5.51. The molecule has 1 N–H and O–H groups in total. The molecule has 194 valence electrons. The molecule has 1 saturated carbocycles. The minimum atomic E-state index is -0.650. The second-order valence-electron chi connectivity index (χ2n) is 9.97.